The summed E-state index contributed by atoms with van der Waals surface area (Å²) in [6.45, 7) is 2.90. The molecular weight excluding hydrogens is 351 g/mol. The summed E-state index contributed by atoms with van der Waals surface area (Å²) in [7, 11) is -3.37. The van der Waals surface area contributed by atoms with Gasteiger partial charge in [-0.1, -0.05) is 6.92 Å². The van der Waals surface area contributed by atoms with E-state index in [9.17, 15) is 8.42 Å². The molecule has 0 spiro atoms. The summed E-state index contributed by atoms with van der Waals surface area (Å²) in [5, 5.41) is 0. The predicted molar refractivity (Wildman–Crippen MR) is 75.1 cm³/mol. The highest BCUT2D eigenvalue weighted by Gasteiger charge is 2.35. The Morgan fingerprint density at radius 3 is 2.35 bits per heavy atom. The van der Waals surface area contributed by atoms with Gasteiger partial charge in [-0.3, -0.25) is 0 Å². The molecule has 94 valence electrons. The van der Waals surface area contributed by atoms with Gasteiger partial charge in [-0.25, -0.2) is 8.42 Å². The third kappa shape index (κ3) is 2.64. The monoisotopic (exact) mass is 366 g/mol. The van der Waals surface area contributed by atoms with Gasteiger partial charge in [-0.05, 0) is 52.8 Å². The summed E-state index contributed by atoms with van der Waals surface area (Å²) in [6.07, 6.45) is 0. The van der Waals surface area contributed by atoms with Gasteiger partial charge in [-0.2, -0.15) is 4.31 Å². The molecule has 1 fully saturated rings. The van der Waals surface area contributed by atoms with Crippen molar-refractivity contribution in [2.75, 3.05) is 13.1 Å². The van der Waals surface area contributed by atoms with E-state index in [1.807, 2.05) is 6.92 Å². The largest absolute Gasteiger partial charge is 0.326 e. The number of hydrogen-bond acceptors (Lipinski definition) is 3. The quantitative estimate of drug-likeness (QED) is 0.802. The molecule has 17 heavy (non-hydrogen) atoms. The van der Waals surface area contributed by atoms with Crippen LogP contribution in [0.15, 0.2) is 29.2 Å². The summed E-state index contributed by atoms with van der Waals surface area (Å²) in [5.74, 6) is 0.216. The third-order valence-corrected chi connectivity index (χ3v) is 5.65. The number of sulfonamides is 1. The van der Waals surface area contributed by atoms with Crippen LogP contribution in [-0.4, -0.2) is 31.9 Å². The van der Waals surface area contributed by atoms with E-state index < -0.39 is 10.0 Å². The van der Waals surface area contributed by atoms with Crippen LogP contribution in [0.3, 0.4) is 0 Å². The average molecular weight is 366 g/mol. The lowest BCUT2D eigenvalue weighted by Gasteiger charge is -2.15. The lowest BCUT2D eigenvalue weighted by Crippen LogP contribution is -2.32. The molecule has 1 saturated heterocycles. The summed E-state index contributed by atoms with van der Waals surface area (Å²) in [4.78, 5) is 0.346. The molecule has 1 aliphatic rings. The highest BCUT2D eigenvalue weighted by Crippen LogP contribution is 2.23. The van der Waals surface area contributed by atoms with E-state index in [2.05, 4.69) is 22.6 Å². The normalized spacial score (nSPS) is 26.3. The maximum absolute atomic E-state index is 12.3. The van der Waals surface area contributed by atoms with Gasteiger partial charge in [0.2, 0.25) is 10.0 Å². The molecule has 1 heterocycles. The molecule has 4 nitrogen and oxygen atoms in total. The summed E-state index contributed by atoms with van der Waals surface area (Å²) >= 11 is 2.15. The van der Waals surface area contributed by atoms with E-state index in [0.717, 1.165) is 3.57 Å². The molecule has 6 heteroatoms. The molecule has 2 N–H and O–H groups in total. The molecule has 2 rings (SSSR count). The number of benzene rings is 1. The fourth-order valence-corrected chi connectivity index (χ4v) is 3.84. The van der Waals surface area contributed by atoms with Crippen molar-refractivity contribution in [2.24, 2.45) is 11.7 Å². The lowest BCUT2D eigenvalue weighted by molar-refractivity contribution is 0.464. The van der Waals surface area contributed by atoms with E-state index >= 15 is 0 Å². The van der Waals surface area contributed by atoms with Gasteiger partial charge >= 0.3 is 0 Å². The zero-order valence-corrected chi connectivity index (χ0v) is 12.5. The molecule has 2 atom stereocenters. The first kappa shape index (κ1) is 13.3. The molecule has 0 amide bonds. The molecule has 0 radical (unpaired) electrons. The Balaban J connectivity index is 2.28. The van der Waals surface area contributed by atoms with Gasteiger partial charge in [0.05, 0.1) is 4.90 Å². The average Bonchev–Trinajstić information content (AvgIpc) is 2.60. The first-order chi connectivity index (χ1) is 7.91. The van der Waals surface area contributed by atoms with Crippen LogP contribution in [0.25, 0.3) is 0 Å². The highest BCUT2D eigenvalue weighted by atomic mass is 127. The predicted octanol–water partition coefficient (Wildman–Crippen LogP) is 1.26. The van der Waals surface area contributed by atoms with Crippen molar-refractivity contribution in [2.45, 2.75) is 17.9 Å². The molecular formula is C11H15IN2O2S. The van der Waals surface area contributed by atoms with Crippen molar-refractivity contribution in [1.29, 1.82) is 0 Å². The van der Waals surface area contributed by atoms with Gasteiger partial charge < -0.3 is 5.73 Å². The zero-order valence-electron chi connectivity index (χ0n) is 9.51. The Labute approximate surface area is 115 Å². The van der Waals surface area contributed by atoms with Crippen molar-refractivity contribution < 1.29 is 8.42 Å². The van der Waals surface area contributed by atoms with Crippen LogP contribution >= 0.6 is 22.6 Å². The minimum absolute atomic E-state index is 0.0615. The zero-order chi connectivity index (χ0) is 12.6. The van der Waals surface area contributed by atoms with E-state index in [0.29, 0.717) is 18.0 Å². The number of halogens is 1. The summed E-state index contributed by atoms with van der Waals surface area (Å²) < 4.78 is 27.1. The molecule has 0 bridgehead atoms. The second-order valence-electron chi connectivity index (χ2n) is 4.42. The van der Waals surface area contributed by atoms with E-state index in [4.69, 9.17) is 5.73 Å². The van der Waals surface area contributed by atoms with Crippen LogP contribution in [0.4, 0.5) is 0 Å². The van der Waals surface area contributed by atoms with Crippen LogP contribution in [0.1, 0.15) is 6.92 Å². The minimum Gasteiger partial charge on any atom is -0.326 e. The van der Waals surface area contributed by atoms with Gasteiger partial charge in [0.1, 0.15) is 0 Å². The summed E-state index contributed by atoms with van der Waals surface area (Å²) in [6, 6.07) is 6.82. The van der Waals surface area contributed by atoms with Crippen molar-refractivity contribution in [1.82, 2.24) is 4.31 Å². The SMILES string of the molecule is CC1CN(S(=O)(=O)c2ccc(I)cc2)CC1N. The fourth-order valence-electron chi connectivity index (χ4n) is 1.90. The molecule has 0 aliphatic carbocycles. The van der Waals surface area contributed by atoms with Gasteiger partial charge in [0.25, 0.3) is 0 Å². The molecule has 1 aromatic carbocycles. The lowest BCUT2D eigenvalue weighted by atomic mass is 10.1. The van der Waals surface area contributed by atoms with E-state index in [1.54, 1.807) is 24.3 Å². The molecule has 1 aliphatic heterocycles. The molecule has 0 aromatic heterocycles. The number of hydrogen-bond donors (Lipinski definition) is 1. The fraction of sp³-hybridized carbons (Fsp3) is 0.455. The smallest absolute Gasteiger partial charge is 0.243 e. The van der Waals surface area contributed by atoms with Gasteiger partial charge in [0.15, 0.2) is 0 Å². The number of rotatable bonds is 2. The number of nitrogens with two attached hydrogens (primary N) is 1. The molecule has 1 aromatic rings. The third-order valence-electron chi connectivity index (χ3n) is 3.09. The van der Waals surface area contributed by atoms with Crippen molar-refractivity contribution >= 4 is 32.6 Å². The molecule has 0 saturated carbocycles. The van der Waals surface area contributed by atoms with Gasteiger partial charge in [0, 0.05) is 22.7 Å². The minimum atomic E-state index is -3.37. The Morgan fingerprint density at radius 2 is 1.88 bits per heavy atom. The topological polar surface area (TPSA) is 63.4 Å². The maximum Gasteiger partial charge on any atom is 0.243 e. The number of nitrogens with zero attached hydrogens (tertiary/aromatic N) is 1. The summed E-state index contributed by atoms with van der Waals surface area (Å²) in [5.41, 5.74) is 5.86. The van der Waals surface area contributed by atoms with Crippen molar-refractivity contribution in [3.05, 3.63) is 27.8 Å². The van der Waals surface area contributed by atoms with E-state index in [1.165, 1.54) is 4.31 Å². The van der Waals surface area contributed by atoms with Crippen molar-refractivity contribution in [3.8, 4) is 0 Å². The maximum atomic E-state index is 12.3. The van der Waals surface area contributed by atoms with Crippen LogP contribution < -0.4 is 5.73 Å². The Kier molecular flexibility index (Phi) is 3.77. The van der Waals surface area contributed by atoms with Crippen LogP contribution in [0.5, 0.6) is 0 Å². The Morgan fingerprint density at radius 1 is 1.29 bits per heavy atom. The van der Waals surface area contributed by atoms with Gasteiger partial charge in [-0.15, -0.1) is 0 Å². The second-order valence-corrected chi connectivity index (χ2v) is 7.60. The van der Waals surface area contributed by atoms with Crippen LogP contribution in [0, 0.1) is 9.49 Å². The Bertz CT molecular complexity index is 491. The van der Waals surface area contributed by atoms with Crippen molar-refractivity contribution in [3.63, 3.8) is 0 Å². The molecule has 2 unspecified atom stereocenters. The highest BCUT2D eigenvalue weighted by molar-refractivity contribution is 14.1. The van der Waals surface area contributed by atoms with Crippen LogP contribution in [-0.2, 0) is 10.0 Å². The van der Waals surface area contributed by atoms with E-state index in [-0.39, 0.29) is 12.0 Å². The van der Waals surface area contributed by atoms with Crippen LogP contribution in [0.2, 0.25) is 0 Å². The first-order valence-corrected chi connectivity index (χ1v) is 7.94. The Hall–Kier alpha value is -0.180. The standard InChI is InChI=1S/C11H15IN2O2S/c1-8-6-14(7-11(8)13)17(15,16)10-4-2-9(12)3-5-10/h2-5,8,11H,6-7,13H2,1H3. The first-order valence-electron chi connectivity index (χ1n) is 5.42. The second kappa shape index (κ2) is 4.83.